The fourth-order valence-corrected chi connectivity index (χ4v) is 12.8. The van der Waals surface area contributed by atoms with Gasteiger partial charge in [0.2, 0.25) is 0 Å². The lowest BCUT2D eigenvalue weighted by atomic mass is 9.76. The lowest BCUT2D eigenvalue weighted by Gasteiger charge is -2.54. The van der Waals surface area contributed by atoms with Gasteiger partial charge in [-0.25, -0.2) is 0 Å². The van der Waals surface area contributed by atoms with Crippen molar-refractivity contribution in [3.63, 3.8) is 0 Å². The van der Waals surface area contributed by atoms with E-state index in [2.05, 4.69) is 75.2 Å². The van der Waals surface area contributed by atoms with Crippen LogP contribution in [0, 0.1) is 36.0 Å². The monoisotopic (exact) mass is 600 g/mol. The molecule has 0 saturated carbocycles. The molecular weight excluding hydrogens is 537 g/mol. The lowest BCUT2D eigenvalue weighted by molar-refractivity contribution is -0.336. The largest absolute Gasteiger partial charge is 0.413 e. The van der Waals surface area contributed by atoms with Gasteiger partial charge in [0.05, 0.1) is 24.4 Å². The number of rotatable bonds is 18. The van der Waals surface area contributed by atoms with Crippen LogP contribution in [0.4, 0.5) is 0 Å². The van der Waals surface area contributed by atoms with E-state index in [4.69, 9.17) is 29.5 Å². The highest BCUT2D eigenvalue weighted by Crippen LogP contribution is 2.47. The van der Waals surface area contributed by atoms with E-state index in [0.717, 1.165) is 36.3 Å². The zero-order chi connectivity index (χ0) is 30.9. The molecule has 0 spiro atoms. The Bertz CT molecular complexity index is 748. The molecule has 8 heteroatoms. The maximum atomic E-state index is 11.4. The third kappa shape index (κ3) is 8.22. The summed E-state index contributed by atoms with van der Waals surface area (Å²) in [6.07, 6.45) is 4.45. The molecule has 6 nitrogen and oxygen atoms in total. The Labute approximate surface area is 249 Å². The third-order valence-electron chi connectivity index (χ3n) is 10.6. The summed E-state index contributed by atoms with van der Waals surface area (Å²) in [5.41, 5.74) is 0. The summed E-state index contributed by atoms with van der Waals surface area (Å²) >= 11 is 0. The molecular formula is C32H64O6Si2. The van der Waals surface area contributed by atoms with E-state index < -0.39 is 34.6 Å². The quantitative estimate of drug-likeness (QED) is 0.130. The minimum atomic E-state index is -2.08. The van der Waals surface area contributed by atoms with Crippen molar-refractivity contribution in [2.75, 3.05) is 14.2 Å². The molecule has 0 aromatic rings. The van der Waals surface area contributed by atoms with E-state index in [1.54, 1.807) is 14.2 Å². The molecule has 0 bridgehead atoms. The van der Waals surface area contributed by atoms with Gasteiger partial charge < -0.3 is 28.2 Å². The number of ether oxygens (including phenoxy) is 3. The number of methoxy groups -OCH3 is 2. The van der Waals surface area contributed by atoms with Crippen molar-refractivity contribution in [3.8, 4) is 12.3 Å². The second-order valence-corrected chi connectivity index (χ2v) is 22.0. The molecule has 1 fully saturated rings. The highest BCUT2D eigenvalue weighted by molar-refractivity contribution is 6.74. The standard InChI is InChI=1S/C32H64O6Si2/c1-15-27(34-13)29(33)25(11)31(38-40(19-5,20-6)21-7)26(12)32(35-14)22-28(24(10)30(36-32)23(8)9)37-39(16-2,17-3)18-4/h1,23-31,33H,16-22H2,2-14H3/t24-,25+,26-,27-,28+,29+,30+,31+,32+/m0/s1. The van der Waals surface area contributed by atoms with Crippen molar-refractivity contribution in [1.29, 1.82) is 0 Å². The van der Waals surface area contributed by atoms with Crippen LogP contribution in [-0.4, -0.2) is 72.3 Å². The molecule has 9 atom stereocenters. The van der Waals surface area contributed by atoms with Gasteiger partial charge in [-0.2, -0.15) is 0 Å². The Morgan fingerprint density at radius 3 is 1.80 bits per heavy atom. The van der Waals surface area contributed by atoms with Gasteiger partial charge in [-0.3, -0.25) is 0 Å². The van der Waals surface area contributed by atoms with Crippen molar-refractivity contribution in [2.24, 2.45) is 23.7 Å². The van der Waals surface area contributed by atoms with E-state index in [1.807, 2.05) is 6.92 Å². The molecule has 0 amide bonds. The first-order chi connectivity index (χ1) is 18.8. The maximum Gasteiger partial charge on any atom is 0.192 e. The number of hydrogen-bond donors (Lipinski definition) is 1. The highest BCUT2D eigenvalue weighted by atomic mass is 28.4. The molecule has 0 aromatic heterocycles. The predicted molar refractivity (Wildman–Crippen MR) is 171 cm³/mol. The second-order valence-electron chi connectivity index (χ2n) is 12.6. The molecule has 0 aromatic carbocycles. The van der Waals surface area contributed by atoms with Gasteiger partial charge >= 0.3 is 0 Å². The Morgan fingerprint density at radius 1 is 0.925 bits per heavy atom. The summed E-state index contributed by atoms with van der Waals surface area (Å²) in [4.78, 5) is 0. The van der Waals surface area contributed by atoms with Gasteiger partial charge in [0.1, 0.15) is 6.10 Å². The second kappa shape index (κ2) is 16.6. The number of terminal acetylenes is 1. The molecule has 0 aliphatic carbocycles. The van der Waals surface area contributed by atoms with Crippen LogP contribution in [0.2, 0.25) is 36.3 Å². The van der Waals surface area contributed by atoms with Crippen LogP contribution in [0.15, 0.2) is 0 Å². The van der Waals surface area contributed by atoms with Crippen molar-refractivity contribution in [2.45, 2.75) is 155 Å². The van der Waals surface area contributed by atoms with E-state index in [1.165, 1.54) is 0 Å². The maximum absolute atomic E-state index is 11.4. The first-order valence-electron chi connectivity index (χ1n) is 16.0. The molecule has 40 heavy (non-hydrogen) atoms. The minimum absolute atomic E-state index is 0.0257. The van der Waals surface area contributed by atoms with Crippen LogP contribution in [0.3, 0.4) is 0 Å². The predicted octanol–water partition coefficient (Wildman–Crippen LogP) is 7.47. The fourth-order valence-electron chi connectivity index (χ4n) is 6.87. The summed E-state index contributed by atoms with van der Waals surface area (Å²) in [5.74, 6) is 1.75. The summed E-state index contributed by atoms with van der Waals surface area (Å²) in [7, 11) is -0.659. The van der Waals surface area contributed by atoms with Crippen LogP contribution in [-0.2, 0) is 23.1 Å². The molecule has 0 unspecified atom stereocenters. The summed E-state index contributed by atoms with van der Waals surface area (Å²) < 4.78 is 33.4. The van der Waals surface area contributed by atoms with Gasteiger partial charge in [0, 0.05) is 38.4 Å². The lowest BCUT2D eigenvalue weighted by Crippen LogP contribution is -2.62. The van der Waals surface area contributed by atoms with E-state index in [9.17, 15) is 5.11 Å². The summed E-state index contributed by atoms with van der Waals surface area (Å²) in [5, 5.41) is 11.4. The molecule has 1 heterocycles. The van der Waals surface area contributed by atoms with Crippen molar-refractivity contribution in [3.05, 3.63) is 0 Å². The van der Waals surface area contributed by atoms with Gasteiger partial charge in [-0.05, 0) is 42.2 Å². The van der Waals surface area contributed by atoms with Crippen LogP contribution in [0.5, 0.6) is 0 Å². The number of aliphatic hydroxyl groups excluding tert-OH is 1. The van der Waals surface area contributed by atoms with Gasteiger partial charge in [-0.1, -0.05) is 82.1 Å². The molecule has 1 N–H and O–H groups in total. The third-order valence-corrected chi connectivity index (χ3v) is 19.9. The molecule has 1 aliphatic rings. The average Bonchev–Trinajstić information content (AvgIpc) is 2.97. The Hall–Kier alpha value is -0.246. The van der Waals surface area contributed by atoms with Gasteiger partial charge in [0.25, 0.3) is 0 Å². The Morgan fingerprint density at radius 2 is 1.43 bits per heavy atom. The van der Waals surface area contributed by atoms with E-state index in [0.29, 0.717) is 12.3 Å². The smallest absolute Gasteiger partial charge is 0.192 e. The number of aliphatic hydroxyl groups is 1. The van der Waals surface area contributed by atoms with Crippen LogP contribution < -0.4 is 0 Å². The zero-order valence-electron chi connectivity index (χ0n) is 28.2. The molecule has 1 aliphatic heterocycles. The minimum Gasteiger partial charge on any atom is -0.413 e. The Kier molecular flexibility index (Phi) is 15.6. The topological polar surface area (TPSA) is 66.4 Å². The molecule has 1 rings (SSSR count). The van der Waals surface area contributed by atoms with Crippen LogP contribution >= 0.6 is 0 Å². The first-order valence-corrected chi connectivity index (χ1v) is 21.1. The zero-order valence-corrected chi connectivity index (χ0v) is 30.2. The van der Waals surface area contributed by atoms with Crippen molar-refractivity contribution >= 4 is 16.6 Å². The van der Waals surface area contributed by atoms with Crippen molar-refractivity contribution < 1.29 is 28.2 Å². The fraction of sp³-hybridized carbons (Fsp3) is 0.938. The first kappa shape index (κ1) is 37.8. The van der Waals surface area contributed by atoms with E-state index >= 15 is 0 Å². The Balaban J connectivity index is 3.70. The molecule has 0 radical (unpaired) electrons. The van der Waals surface area contributed by atoms with E-state index in [-0.39, 0.29) is 36.1 Å². The normalized spacial score (nSPS) is 28.1. The summed E-state index contributed by atoms with van der Waals surface area (Å²) in [6.45, 7) is 24.5. The highest BCUT2D eigenvalue weighted by Gasteiger charge is 2.55. The molecule has 236 valence electrons. The van der Waals surface area contributed by atoms with Crippen LogP contribution in [0.25, 0.3) is 0 Å². The molecule has 1 saturated heterocycles. The van der Waals surface area contributed by atoms with Crippen LogP contribution in [0.1, 0.15) is 82.6 Å². The van der Waals surface area contributed by atoms with Crippen molar-refractivity contribution in [1.82, 2.24) is 0 Å². The van der Waals surface area contributed by atoms with Gasteiger partial charge in [-0.15, -0.1) is 6.42 Å². The summed E-state index contributed by atoms with van der Waals surface area (Å²) in [6, 6.07) is 6.31. The van der Waals surface area contributed by atoms with Gasteiger partial charge in [0.15, 0.2) is 22.4 Å². The SMILES string of the molecule is C#C[C@H](OC)[C@H](O)[C@@H](C)[C@@H](O[Si](CC)(CC)CC)[C@H](C)[C@@]1(OC)C[C@@H](O[Si](CC)(CC)CC)[C@H](C)[C@@H](C(C)C)O1. The number of hydrogen-bond acceptors (Lipinski definition) is 6. The average molecular weight is 601 g/mol.